The molecule has 0 spiro atoms. The lowest BCUT2D eigenvalue weighted by atomic mass is 10.2. The molecular formula is C18H13F2N3OS. The van der Waals surface area contributed by atoms with Crippen LogP contribution in [0.3, 0.4) is 0 Å². The van der Waals surface area contributed by atoms with Crippen molar-refractivity contribution in [2.45, 2.75) is 6.42 Å². The predicted octanol–water partition coefficient (Wildman–Crippen LogP) is 3.78. The van der Waals surface area contributed by atoms with Gasteiger partial charge in [-0.15, -0.1) is 11.3 Å². The lowest BCUT2D eigenvalue weighted by molar-refractivity contribution is -0.120. The van der Waals surface area contributed by atoms with Crippen LogP contribution >= 0.6 is 11.3 Å². The molecule has 0 aliphatic rings. The van der Waals surface area contributed by atoms with Crippen LogP contribution in [-0.4, -0.2) is 17.1 Å². The van der Waals surface area contributed by atoms with Gasteiger partial charge < -0.3 is 0 Å². The summed E-state index contributed by atoms with van der Waals surface area (Å²) in [5.74, 6) is -1.01. The molecule has 3 aromatic rings. The minimum Gasteiger partial charge on any atom is -0.273 e. The zero-order valence-electron chi connectivity index (χ0n) is 12.9. The van der Waals surface area contributed by atoms with Gasteiger partial charge in [-0.3, -0.25) is 4.79 Å². The van der Waals surface area contributed by atoms with Crippen LogP contribution in [0, 0.1) is 11.6 Å². The van der Waals surface area contributed by atoms with Crippen LogP contribution in [0.1, 0.15) is 11.3 Å². The van der Waals surface area contributed by atoms with Crippen molar-refractivity contribution in [1.29, 1.82) is 0 Å². The second-order valence-corrected chi connectivity index (χ2v) is 6.03. The summed E-state index contributed by atoms with van der Waals surface area (Å²) < 4.78 is 26.0. The maximum absolute atomic E-state index is 13.0. The fraction of sp³-hybridized carbons (Fsp3) is 0.0556. The fourth-order valence-corrected chi connectivity index (χ4v) is 2.91. The van der Waals surface area contributed by atoms with Crippen molar-refractivity contribution in [3.63, 3.8) is 0 Å². The molecule has 1 aromatic heterocycles. The molecule has 25 heavy (non-hydrogen) atoms. The molecule has 0 saturated carbocycles. The summed E-state index contributed by atoms with van der Waals surface area (Å²) in [6.07, 6.45) is 1.43. The molecule has 7 heteroatoms. The smallest absolute Gasteiger partial charge is 0.246 e. The molecule has 4 nitrogen and oxygen atoms in total. The summed E-state index contributed by atoms with van der Waals surface area (Å²) in [6.45, 7) is 0. The highest BCUT2D eigenvalue weighted by atomic mass is 32.1. The minimum absolute atomic E-state index is 0.0676. The van der Waals surface area contributed by atoms with Crippen LogP contribution in [0.4, 0.5) is 8.78 Å². The molecule has 0 aliphatic heterocycles. The summed E-state index contributed by atoms with van der Waals surface area (Å²) in [5, 5.41) is 6.28. The number of halogens is 2. The Labute approximate surface area is 146 Å². The van der Waals surface area contributed by atoms with Crippen LogP contribution in [0.5, 0.6) is 0 Å². The number of nitrogens with zero attached hydrogens (tertiary/aromatic N) is 2. The van der Waals surface area contributed by atoms with Gasteiger partial charge in [0.15, 0.2) is 0 Å². The lowest BCUT2D eigenvalue weighted by Gasteiger charge is -1.98. The van der Waals surface area contributed by atoms with E-state index in [1.165, 1.54) is 41.8 Å². The number of rotatable bonds is 5. The molecule has 0 unspecified atom stereocenters. The molecule has 1 heterocycles. The molecule has 1 N–H and O–H groups in total. The summed E-state index contributed by atoms with van der Waals surface area (Å²) >= 11 is 1.38. The normalized spacial score (nSPS) is 11.0. The molecule has 1 amide bonds. The van der Waals surface area contributed by atoms with Gasteiger partial charge >= 0.3 is 0 Å². The quantitative estimate of drug-likeness (QED) is 0.558. The van der Waals surface area contributed by atoms with E-state index in [2.05, 4.69) is 15.5 Å². The molecular weight excluding hydrogens is 344 g/mol. The second-order valence-electron chi connectivity index (χ2n) is 5.18. The Morgan fingerprint density at radius 3 is 2.72 bits per heavy atom. The third-order valence-corrected chi connectivity index (χ3v) is 4.18. The van der Waals surface area contributed by atoms with Crippen molar-refractivity contribution in [3.8, 4) is 10.6 Å². The third kappa shape index (κ3) is 4.77. The van der Waals surface area contributed by atoms with Crippen molar-refractivity contribution < 1.29 is 13.6 Å². The van der Waals surface area contributed by atoms with Gasteiger partial charge in [0.2, 0.25) is 5.91 Å². The molecule has 0 bridgehead atoms. The largest absolute Gasteiger partial charge is 0.273 e. The number of carbonyl (C=O) groups is 1. The first-order valence-electron chi connectivity index (χ1n) is 7.38. The van der Waals surface area contributed by atoms with Crippen molar-refractivity contribution in [3.05, 3.63) is 76.8 Å². The maximum Gasteiger partial charge on any atom is 0.246 e. The number of thiazole rings is 1. The van der Waals surface area contributed by atoms with Gasteiger partial charge in [0.1, 0.15) is 16.6 Å². The lowest BCUT2D eigenvalue weighted by Crippen LogP contribution is -2.19. The molecule has 0 atom stereocenters. The standard InChI is InChI=1S/C18H13F2N3OS/c19-14-6-4-13(5-7-14)18-22-16(11-25-18)9-17(24)23-21-10-12-2-1-3-15(20)8-12/h1-8,10-11H,9H2,(H,23,24)/b21-10-. The molecule has 0 saturated heterocycles. The average molecular weight is 357 g/mol. The minimum atomic E-state index is -0.369. The zero-order chi connectivity index (χ0) is 17.6. The van der Waals surface area contributed by atoms with Crippen LogP contribution in [-0.2, 0) is 11.2 Å². The van der Waals surface area contributed by atoms with Gasteiger partial charge in [-0.2, -0.15) is 5.10 Å². The van der Waals surface area contributed by atoms with Crippen molar-refractivity contribution >= 4 is 23.5 Å². The topological polar surface area (TPSA) is 54.4 Å². The highest BCUT2D eigenvalue weighted by molar-refractivity contribution is 7.13. The molecule has 0 aliphatic carbocycles. The van der Waals surface area contributed by atoms with E-state index in [0.717, 1.165) is 5.56 Å². The van der Waals surface area contributed by atoms with E-state index < -0.39 is 0 Å². The number of aromatic nitrogens is 1. The Morgan fingerprint density at radius 2 is 1.96 bits per heavy atom. The van der Waals surface area contributed by atoms with Gasteiger partial charge in [-0.1, -0.05) is 12.1 Å². The molecule has 0 fully saturated rings. The van der Waals surface area contributed by atoms with Gasteiger partial charge in [-0.05, 0) is 42.0 Å². The average Bonchev–Trinajstić information content (AvgIpc) is 3.04. The first kappa shape index (κ1) is 16.9. The fourth-order valence-electron chi connectivity index (χ4n) is 2.08. The van der Waals surface area contributed by atoms with Gasteiger partial charge in [0.05, 0.1) is 18.3 Å². The third-order valence-electron chi connectivity index (χ3n) is 3.24. The molecule has 126 valence electrons. The first-order chi connectivity index (χ1) is 12.1. The van der Waals surface area contributed by atoms with Crippen molar-refractivity contribution in [2.75, 3.05) is 0 Å². The Hall–Kier alpha value is -2.93. The van der Waals surface area contributed by atoms with E-state index in [1.807, 2.05) is 0 Å². The maximum atomic E-state index is 13.0. The Balaban J connectivity index is 1.57. The van der Waals surface area contributed by atoms with E-state index in [1.54, 1.807) is 29.6 Å². The summed E-state index contributed by atoms with van der Waals surface area (Å²) in [6, 6.07) is 11.9. The predicted molar refractivity (Wildman–Crippen MR) is 93.3 cm³/mol. The number of benzene rings is 2. The Morgan fingerprint density at radius 1 is 1.16 bits per heavy atom. The van der Waals surface area contributed by atoms with Crippen molar-refractivity contribution in [2.24, 2.45) is 5.10 Å². The summed E-state index contributed by atoms with van der Waals surface area (Å²) in [7, 11) is 0. The summed E-state index contributed by atoms with van der Waals surface area (Å²) in [5.41, 5.74) is 4.32. The van der Waals surface area contributed by atoms with Crippen molar-refractivity contribution in [1.82, 2.24) is 10.4 Å². The highest BCUT2D eigenvalue weighted by Crippen LogP contribution is 2.24. The van der Waals surface area contributed by atoms with Crippen LogP contribution < -0.4 is 5.43 Å². The second kappa shape index (κ2) is 7.76. The molecule has 0 radical (unpaired) electrons. The number of carbonyl (C=O) groups excluding carboxylic acids is 1. The van der Waals surface area contributed by atoms with Crippen LogP contribution in [0.15, 0.2) is 59.0 Å². The summed E-state index contributed by atoms with van der Waals surface area (Å²) in [4.78, 5) is 16.2. The van der Waals surface area contributed by atoms with Gasteiger partial charge in [-0.25, -0.2) is 19.2 Å². The van der Waals surface area contributed by atoms with Crippen LogP contribution in [0.2, 0.25) is 0 Å². The van der Waals surface area contributed by atoms with E-state index in [4.69, 9.17) is 0 Å². The molecule has 2 aromatic carbocycles. The number of hydrazone groups is 1. The Kier molecular flexibility index (Phi) is 5.25. The number of nitrogens with one attached hydrogen (secondary N) is 1. The number of amides is 1. The Bertz CT molecular complexity index is 907. The van der Waals surface area contributed by atoms with Crippen LogP contribution in [0.25, 0.3) is 10.6 Å². The SMILES string of the molecule is O=C(Cc1csc(-c2ccc(F)cc2)n1)N/N=C\c1cccc(F)c1. The highest BCUT2D eigenvalue weighted by Gasteiger charge is 2.08. The molecule has 3 rings (SSSR count). The monoisotopic (exact) mass is 357 g/mol. The van der Waals surface area contributed by atoms with Gasteiger partial charge in [0, 0.05) is 10.9 Å². The van der Waals surface area contributed by atoms with E-state index in [-0.39, 0.29) is 24.0 Å². The zero-order valence-corrected chi connectivity index (χ0v) is 13.8. The van der Waals surface area contributed by atoms with E-state index in [9.17, 15) is 13.6 Å². The van der Waals surface area contributed by atoms with Gasteiger partial charge in [0.25, 0.3) is 0 Å². The first-order valence-corrected chi connectivity index (χ1v) is 8.26. The van der Waals surface area contributed by atoms with E-state index >= 15 is 0 Å². The van der Waals surface area contributed by atoms with E-state index in [0.29, 0.717) is 16.3 Å². The number of hydrogen-bond donors (Lipinski definition) is 1. The number of hydrogen-bond acceptors (Lipinski definition) is 4.